The molecular formula is C6H11O2. The Labute approximate surface area is 49.8 Å². The van der Waals surface area contributed by atoms with Crippen LogP contribution in [0.2, 0.25) is 0 Å². The smallest absolute Gasteiger partial charge is 0.112 e. The second kappa shape index (κ2) is 2.46. The van der Waals surface area contributed by atoms with E-state index in [0.29, 0.717) is 6.61 Å². The number of hydrogen-bond donors (Lipinski definition) is 0. The Hall–Kier alpha value is -0.0800. The zero-order valence-electron chi connectivity index (χ0n) is 5.26. The molecule has 47 valence electrons. The highest BCUT2D eigenvalue weighted by atomic mass is 16.6. The van der Waals surface area contributed by atoms with Gasteiger partial charge in [0.2, 0.25) is 0 Å². The first kappa shape index (κ1) is 6.05. The van der Waals surface area contributed by atoms with Crippen molar-refractivity contribution in [1.82, 2.24) is 0 Å². The van der Waals surface area contributed by atoms with Gasteiger partial charge in [0.15, 0.2) is 0 Å². The van der Waals surface area contributed by atoms with Crippen molar-refractivity contribution in [3.8, 4) is 0 Å². The van der Waals surface area contributed by atoms with Crippen LogP contribution in [0, 0.1) is 6.61 Å². The fraction of sp³-hybridized carbons (Fsp3) is 0.833. The molecule has 1 radical (unpaired) electrons. The zero-order valence-corrected chi connectivity index (χ0v) is 5.26. The minimum absolute atomic E-state index is 0.166. The third kappa shape index (κ3) is 1.46. The average Bonchev–Trinajstić information content (AvgIpc) is 1.64. The summed E-state index contributed by atoms with van der Waals surface area (Å²) >= 11 is 0. The lowest BCUT2D eigenvalue weighted by molar-refractivity contribution is -0.0891. The Morgan fingerprint density at radius 1 is 1.50 bits per heavy atom. The van der Waals surface area contributed by atoms with E-state index < -0.39 is 0 Å². The Kier molecular flexibility index (Phi) is 1.86. The Morgan fingerprint density at radius 2 is 2.25 bits per heavy atom. The summed E-state index contributed by atoms with van der Waals surface area (Å²) in [7, 11) is 0. The largest absolute Gasteiger partial charge is 0.370 e. The molecular weight excluding hydrogens is 104 g/mol. The van der Waals surface area contributed by atoms with Gasteiger partial charge in [0.1, 0.15) is 6.61 Å². The molecule has 0 spiro atoms. The summed E-state index contributed by atoms with van der Waals surface area (Å²) < 4.78 is 10.3. The fourth-order valence-electron chi connectivity index (χ4n) is 0.764. The lowest BCUT2D eigenvalue weighted by Crippen LogP contribution is -2.28. The molecule has 1 saturated heterocycles. The van der Waals surface area contributed by atoms with Gasteiger partial charge in [0.25, 0.3) is 0 Å². The second-order valence-electron chi connectivity index (χ2n) is 2.12. The topological polar surface area (TPSA) is 18.5 Å². The van der Waals surface area contributed by atoms with E-state index in [0.717, 1.165) is 0 Å². The monoisotopic (exact) mass is 115 g/mol. The first-order chi connectivity index (χ1) is 3.79. The molecule has 0 N–H and O–H groups in total. The van der Waals surface area contributed by atoms with Crippen LogP contribution in [-0.2, 0) is 9.47 Å². The summed E-state index contributed by atoms with van der Waals surface area (Å²) in [6.45, 7) is 6.39. The van der Waals surface area contributed by atoms with Gasteiger partial charge in [-0.15, -0.1) is 0 Å². The van der Waals surface area contributed by atoms with Crippen LogP contribution < -0.4 is 0 Å². The number of rotatable bonds is 0. The van der Waals surface area contributed by atoms with Gasteiger partial charge in [-0.05, 0) is 13.8 Å². The SMILES string of the molecule is CC1[CH]OCC(C)O1. The summed E-state index contributed by atoms with van der Waals surface area (Å²) in [6.07, 6.45) is 0.425. The van der Waals surface area contributed by atoms with Crippen LogP contribution in [0.5, 0.6) is 0 Å². The molecule has 1 aliphatic heterocycles. The molecule has 1 rings (SSSR count). The van der Waals surface area contributed by atoms with Crippen LogP contribution in [0.15, 0.2) is 0 Å². The highest BCUT2D eigenvalue weighted by Crippen LogP contribution is 2.08. The van der Waals surface area contributed by atoms with E-state index >= 15 is 0 Å². The highest BCUT2D eigenvalue weighted by molar-refractivity contribution is 4.69. The summed E-state index contributed by atoms with van der Waals surface area (Å²) in [5.41, 5.74) is 0. The van der Waals surface area contributed by atoms with Crippen molar-refractivity contribution in [2.45, 2.75) is 26.1 Å². The zero-order chi connectivity index (χ0) is 5.98. The lowest BCUT2D eigenvalue weighted by atomic mass is 10.3. The van der Waals surface area contributed by atoms with Crippen molar-refractivity contribution in [2.75, 3.05) is 6.61 Å². The normalized spacial score (nSPS) is 39.8. The minimum atomic E-state index is 0.166. The van der Waals surface area contributed by atoms with Gasteiger partial charge < -0.3 is 9.47 Å². The molecule has 8 heavy (non-hydrogen) atoms. The van der Waals surface area contributed by atoms with Crippen molar-refractivity contribution in [1.29, 1.82) is 0 Å². The van der Waals surface area contributed by atoms with E-state index in [1.54, 1.807) is 6.61 Å². The van der Waals surface area contributed by atoms with Gasteiger partial charge in [0, 0.05) is 0 Å². The third-order valence-electron chi connectivity index (χ3n) is 1.07. The number of ether oxygens (including phenoxy) is 2. The van der Waals surface area contributed by atoms with E-state index in [9.17, 15) is 0 Å². The quantitative estimate of drug-likeness (QED) is 0.468. The standard InChI is InChI=1S/C6H11O2/c1-5-3-7-4-6(2)8-5/h3,5-6H,4H2,1-2H3. The molecule has 1 aliphatic rings. The minimum Gasteiger partial charge on any atom is -0.370 e. The molecule has 2 heteroatoms. The second-order valence-corrected chi connectivity index (χ2v) is 2.12. The molecule has 1 heterocycles. The van der Waals surface area contributed by atoms with E-state index in [1.165, 1.54) is 0 Å². The molecule has 2 unspecified atom stereocenters. The number of hydrogen-bond acceptors (Lipinski definition) is 2. The van der Waals surface area contributed by atoms with Crippen LogP contribution in [0.3, 0.4) is 0 Å². The predicted octanol–water partition coefficient (Wildman–Crippen LogP) is 0.972. The van der Waals surface area contributed by atoms with Crippen molar-refractivity contribution in [2.24, 2.45) is 0 Å². The molecule has 1 fully saturated rings. The van der Waals surface area contributed by atoms with Gasteiger partial charge in [-0.25, -0.2) is 0 Å². The van der Waals surface area contributed by atoms with E-state index in [1.807, 2.05) is 13.8 Å². The van der Waals surface area contributed by atoms with Crippen molar-refractivity contribution >= 4 is 0 Å². The molecule has 2 nitrogen and oxygen atoms in total. The lowest BCUT2D eigenvalue weighted by Gasteiger charge is -2.24. The maximum Gasteiger partial charge on any atom is 0.112 e. The Bertz CT molecular complexity index is 64.9. The summed E-state index contributed by atoms with van der Waals surface area (Å²) in [5.74, 6) is 0. The first-order valence-electron chi connectivity index (χ1n) is 2.89. The summed E-state index contributed by atoms with van der Waals surface area (Å²) in [4.78, 5) is 0. The third-order valence-corrected chi connectivity index (χ3v) is 1.07. The fourth-order valence-corrected chi connectivity index (χ4v) is 0.764. The van der Waals surface area contributed by atoms with Crippen LogP contribution in [-0.4, -0.2) is 18.8 Å². The van der Waals surface area contributed by atoms with Crippen LogP contribution in [0.4, 0.5) is 0 Å². The van der Waals surface area contributed by atoms with Gasteiger partial charge in [0.05, 0.1) is 18.8 Å². The Balaban J connectivity index is 2.23. The van der Waals surface area contributed by atoms with Gasteiger partial charge in [-0.2, -0.15) is 0 Å². The molecule has 0 aromatic heterocycles. The Morgan fingerprint density at radius 3 is 2.62 bits per heavy atom. The van der Waals surface area contributed by atoms with E-state index in [2.05, 4.69) is 0 Å². The molecule has 0 aromatic rings. The van der Waals surface area contributed by atoms with Crippen LogP contribution in [0.1, 0.15) is 13.8 Å². The molecule has 0 saturated carbocycles. The van der Waals surface area contributed by atoms with Crippen molar-refractivity contribution in [3.05, 3.63) is 6.61 Å². The maximum absolute atomic E-state index is 5.31. The van der Waals surface area contributed by atoms with Gasteiger partial charge in [-0.3, -0.25) is 0 Å². The molecule has 2 atom stereocenters. The van der Waals surface area contributed by atoms with Crippen LogP contribution in [0.25, 0.3) is 0 Å². The molecule has 0 aliphatic carbocycles. The average molecular weight is 115 g/mol. The van der Waals surface area contributed by atoms with Crippen molar-refractivity contribution < 1.29 is 9.47 Å². The summed E-state index contributed by atoms with van der Waals surface area (Å²) in [6, 6.07) is 0. The molecule has 0 aromatic carbocycles. The first-order valence-corrected chi connectivity index (χ1v) is 2.89. The highest BCUT2D eigenvalue weighted by Gasteiger charge is 2.14. The van der Waals surface area contributed by atoms with Gasteiger partial charge in [-0.1, -0.05) is 0 Å². The van der Waals surface area contributed by atoms with E-state index in [4.69, 9.17) is 9.47 Å². The van der Waals surface area contributed by atoms with Gasteiger partial charge >= 0.3 is 0 Å². The molecule has 0 bridgehead atoms. The molecule has 0 amide bonds. The van der Waals surface area contributed by atoms with Crippen molar-refractivity contribution in [3.63, 3.8) is 0 Å². The summed E-state index contributed by atoms with van der Waals surface area (Å²) in [5, 5.41) is 0. The maximum atomic E-state index is 5.31. The van der Waals surface area contributed by atoms with E-state index in [-0.39, 0.29) is 12.2 Å². The van der Waals surface area contributed by atoms with Crippen LogP contribution >= 0.6 is 0 Å². The predicted molar refractivity (Wildman–Crippen MR) is 30.3 cm³/mol.